The third-order valence-electron chi connectivity index (χ3n) is 13.0. The van der Waals surface area contributed by atoms with E-state index in [0.29, 0.717) is 44.8 Å². The third-order valence-corrected chi connectivity index (χ3v) is 13.0. The molecule has 0 spiro atoms. The van der Waals surface area contributed by atoms with Crippen molar-refractivity contribution in [2.24, 2.45) is 21.7 Å². The van der Waals surface area contributed by atoms with Gasteiger partial charge in [0.25, 0.3) is 5.91 Å². The van der Waals surface area contributed by atoms with Crippen LogP contribution in [0.25, 0.3) is 44.3 Å². The van der Waals surface area contributed by atoms with Crippen LogP contribution in [0.1, 0.15) is 127 Å². The van der Waals surface area contributed by atoms with E-state index < -0.39 is 74.5 Å². The zero-order valence-electron chi connectivity index (χ0n) is 42.0. The monoisotopic (exact) mass is 914 g/mol. The quantitative estimate of drug-likeness (QED) is 0.118. The topological polar surface area (TPSA) is 163 Å². The molecular weight excluding hydrogens is 845 g/mol. The molecular formula is C51H69F2N7O6. The van der Waals surface area contributed by atoms with Crippen molar-refractivity contribution in [3.8, 4) is 22.3 Å². The summed E-state index contributed by atoms with van der Waals surface area (Å²) in [7, 11) is 6.23. The minimum atomic E-state index is -1.55. The molecule has 2 heterocycles. The molecule has 0 radical (unpaired) electrons. The zero-order chi connectivity index (χ0) is 49.9. The molecule has 3 amide bonds. The number of halogens is 2. The minimum Gasteiger partial charge on any atom is -0.435 e. The Morgan fingerprint density at radius 3 is 1.41 bits per heavy atom. The lowest BCUT2D eigenvalue weighted by atomic mass is 9.69. The van der Waals surface area contributed by atoms with Crippen LogP contribution in [0, 0.1) is 33.3 Å². The number of Topliss-reactive ketones (excluding diaryl/α,β-unsaturated/α-hetero) is 1. The van der Waals surface area contributed by atoms with E-state index in [0.717, 1.165) is 0 Å². The smallest absolute Gasteiger partial charge is 0.410 e. The Kier molecular flexibility index (Phi) is 13.7. The second-order valence-corrected chi connectivity index (χ2v) is 22.4. The number of carbonyl (C=O) groups is 4. The predicted octanol–water partition coefficient (Wildman–Crippen LogP) is 11.3. The van der Waals surface area contributed by atoms with E-state index in [2.05, 4.69) is 15.3 Å². The molecule has 0 aliphatic rings. The van der Waals surface area contributed by atoms with Gasteiger partial charge in [-0.25, -0.2) is 28.3 Å². The summed E-state index contributed by atoms with van der Waals surface area (Å²) in [5, 5.41) is 3.09. The van der Waals surface area contributed by atoms with Crippen LogP contribution in [0.3, 0.4) is 0 Å². The van der Waals surface area contributed by atoms with Crippen LogP contribution < -0.4 is 5.32 Å². The number of fused-ring (bicyclic) bond motifs is 2. The molecule has 2 aromatic heterocycles. The number of nitrogens with zero attached hydrogens (tertiary/aromatic N) is 4. The van der Waals surface area contributed by atoms with Crippen LogP contribution in [0.5, 0.6) is 0 Å². The Labute approximate surface area is 387 Å². The lowest BCUT2D eigenvalue weighted by Gasteiger charge is -2.42. The Morgan fingerprint density at radius 1 is 0.606 bits per heavy atom. The number of amides is 3. The highest BCUT2D eigenvalue weighted by Gasteiger charge is 2.51. The normalized spacial score (nSPS) is 15.4. The molecule has 66 heavy (non-hydrogen) atoms. The van der Waals surface area contributed by atoms with Crippen LogP contribution >= 0.6 is 0 Å². The number of hydrogen-bond acceptors (Lipinski definition) is 8. The predicted molar refractivity (Wildman–Crippen MR) is 255 cm³/mol. The molecule has 15 heteroatoms. The highest BCUT2D eigenvalue weighted by Crippen LogP contribution is 2.44. The van der Waals surface area contributed by atoms with E-state index in [9.17, 15) is 19.2 Å². The van der Waals surface area contributed by atoms with Crippen LogP contribution in [0.4, 0.5) is 18.4 Å². The first-order valence-corrected chi connectivity index (χ1v) is 22.2. The van der Waals surface area contributed by atoms with Gasteiger partial charge in [-0.2, -0.15) is 0 Å². The maximum Gasteiger partial charge on any atom is 0.410 e. The van der Waals surface area contributed by atoms with Crippen LogP contribution in [0.15, 0.2) is 48.5 Å². The molecule has 3 aromatic carbocycles. The zero-order valence-corrected chi connectivity index (χ0v) is 42.0. The highest BCUT2D eigenvalue weighted by molar-refractivity contribution is 5.91. The summed E-state index contributed by atoms with van der Waals surface area (Å²) >= 11 is 0. The van der Waals surface area contributed by atoms with Gasteiger partial charge in [0, 0.05) is 62.5 Å². The summed E-state index contributed by atoms with van der Waals surface area (Å²) in [4.78, 5) is 72.5. The molecule has 0 fully saturated rings. The number of rotatable bonds is 11. The van der Waals surface area contributed by atoms with Crippen molar-refractivity contribution in [3.05, 3.63) is 71.8 Å². The van der Waals surface area contributed by atoms with Crippen LogP contribution in [-0.2, 0) is 19.1 Å². The van der Waals surface area contributed by atoms with Gasteiger partial charge in [0.15, 0.2) is 17.0 Å². The van der Waals surface area contributed by atoms with Gasteiger partial charge in [0.2, 0.25) is 0 Å². The van der Waals surface area contributed by atoms with Gasteiger partial charge < -0.3 is 34.6 Å². The molecule has 3 N–H and O–H groups in total. The number of imidazole rings is 2. The van der Waals surface area contributed by atoms with Crippen molar-refractivity contribution >= 4 is 45.9 Å². The van der Waals surface area contributed by atoms with E-state index in [1.165, 1.54) is 21.9 Å². The largest absolute Gasteiger partial charge is 0.435 e. The van der Waals surface area contributed by atoms with E-state index >= 15 is 8.78 Å². The van der Waals surface area contributed by atoms with Crippen molar-refractivity contribution in [1.82, 2.24) is 35.1 Å². The standard InChI is InChI=1S/C51H69F2N7O6/c1-46(2,3)32(27-39(61)50(13,48(7,8)9)65-44(63)59(15)16)41-54-35-21-19-28(23-37(35)56-41)30-25-34(53)31(26-33(30)52)29-20-22-36-38(24-29)57-42(55-36)40(47(4,5)6)58-43(62)51(14,49(10,11)12)66-45(64)60(17)18/h19-26,32,40H,27H2,1-18H3,(H,54,56)(H,55,57)(H,58,62)/t32-,40-,50+,51+/m1/s1. The molecule has 5 rings (SSSR count). The Morgan fingerprint density at radius 2 is 1.02 bits per heavy atom. The Hall–Kier alpha value is -5.86. The van der Waals surface area contributed by atoms with Gasteiger partial charge >= 0.3 is 12.2 Å². The summed E-state index contributed by atoms with van der Waals surface area (Å²) in [6, 6.07) is 11.9. The SMILES string of the molecule is CN(C)C(=O)O[C@@](C)(C(=O)C[C@H](c1nc2ccc(-c3cc(F)c(-c4ccc5nc([C@@H](NC(=O)[C@](C)(OC(=O)N(C)C)C(C)(C)C)C(C)(C)C)[nH]c5c4)cc3F)cc2[nH]1)C(C)(C)C)C(C)(C)C. The number of aromatic nitrogens is 4. The minimum absolute atomic E-state index is 0.0260. The van der Waals surface area contributed by atoms with Crippen molar-refractivity contribution in [2.75, 3.05) is 28.2 Å². The molecule has 0 unspecified atom stereocenters. The maximum absolute atomic E-state index is 16.2. The van der Waals surface area contributed by atoms with Crippen molar-refractivity contribution in [1.29, 1.82) is 0 Å². The average Bonchev–Trinajstić information content (AvgIpc) is 3.80. The van der Waals surface area contributed by atoms with Crippen molar-refractivity contribution in [2.45, 2.75) is 127 Å². The van der Waals surface area contributed by atoms with Gasteiger partial charge in [0.1, 0.15) is 23.3 Å². The third kappa shape index (κ3) is 10.2. The summed E-state index contributed by atoms with van der Waals surface area (Å²) in [6.07, 6.45) is -1.24. The molecule has 4 atom stereocenters. The number of hydrogen-bond donors (Lipinski definition) is 3. The number of H-pyrrole nitrogens is 2. The van der Waals surface area contributed by atoms with Gasteiger partial charge in [-0.05, 0) is 72.2 Å². The van der Waals surface area contributed by atoms with Gasteiger partial charge in [0.05, 0.1) is 28.1 Å². The summed E-state index contributed by atoms with van der Waals surface area (Å²) in [6.45, 7) is 26.1. The van der Waals surface area contributed by atoms with E-state index in [-0.39, 0.29) is 23.3 Å². The first-order chi connectivity index (χ1) is 30.1. The fourth-order valence-corrected chi connectivity index (χ4v) is 7.54. The average molecular weight is 914 g/mol. The number of ketones is 1. The maximum atomic E-state index is 16.2. The second kappa shape index (κ2) is 17.7. The fraction of sp³-hybridized carbons (Fsp3) is 0.529. The number of benzene rings is 3. The molecule has 5 aromatic rings. The first-order valence-electron chi connectivity index (χ1n) is 22.2. The summed E-state index contributed by atoms with van der Waals surface area (Å²) in [5.41, 5.74) is -2.33. The molecule has 13 nitrogen and oxygen atoms in total. The molecule has 0 saturated heterocycles. The lowest BCUT2D eigenvalue weighted by Crippen LogP contribution is -2.58. The highest BCUT2D eigenvalue weighted by atomic mass is 19.1. The number of carbonyl (C=O) groups excluding carboxylic acids is 4. The molecule has 0 aliphatic heterocycles. The first kappa shape index (κ1) is 51.1. The van der Waals surface area contributed by atoms with Crippen molar-refractivity contribution < 1.29 is 37.4 Å². The van der Waals surface area contributed by atoms with E-state index in [1.54, 1.807) is 78.4 Å². The van der Waals surface area contributed by atoms with Crippen LogP contribution in [0.2, 0.25) is 0 Å². The van der Waals surface area contributed by atoms with E-state index in [4.69, 9.17) is 19.4 Å². The van der Waals surface area contributed by atoms with Crippen molar-refractivity contribution in [3.63, 3.8) is 0 Å². The Bertz CT molecular complexity index is 2480. The lowest BCUT2D eigenvalue weighted by molar-refractivity contribution is -0.152. The van der Waals surface area contributed by atoms with E-state index in [1.807, 2.05) is 83.1 Å². The van der Waals surface area contributed by atoms with Gasteiger partial charge in [-0.15, -0.1) is 0 Å². The summed E-state index contributed by atoms with van der Waals surface area (Å²) < 4.78 is 44.0. The fourth-order valence-electron chi connectivity index (χ4n) is 7.54. The van der Waals surface area contributed by atoms with Gasteiger partial charge in [-0.3, -0.25) is 9.59 Å². The Balaban J connectivity index is 1.45. The molecule has 0 bridgehead atoms. The second-order valence-electron chi connectivity index (χ2n) is 22.4. The number of aromatic amines is 2. The number of ether oxygens (including phenoxy) is 2. The number of nitrogens with one attached hydrogen (secondary N) is 3. The molecule has 0 saturated carbocycles. The molecule has 0 aliphatic carbocycles. The van der Waals surface area contributed by atoms with Gasteiger partial charge in [-0.1, -0.05) is 95.2 Å². The molecule has 358 valence electrons. The summed E-state index contributed by atoms with van der Waals surface area (Å²) in [5.74, 6) is -1.47. The van der Waals surface area contributed by atoms with Crippen LogP contribution in [-0.4, -0.2) is 93.0 Å².